The lowest BCUT2D eigenvalue weighted by atomic mass is 9.74. The number of rotatable bonds is 11. The Morgan fingerprint density at radius 3 is 2.03 bits per heavy atom. The molecule has 0 aliphatic heterocycles. The molecule has 0 bridgehead atoms. The Hall–Kier alpha value is -2.32. The highest BCUT2D eigenvalue weighted by molar-refractivity contribution is 5.56. The molecule has 0 atom stereocenters. The first-order valence-electron chi connectivity index (χ1n) is 12.6. The molecule has 2 aromatic rings. The first-order chi connectivity index (χ1) is 15.6. The van der Waals surface area contributed by atoms with Gasteiger partial charge in [0.2, 0.25) is 0 Å². The van der Waals surface area contributed by atoms with Crippen LogP contribution in [-0.4, -0.2) is 16.3 Å². The molecule has 0 spiro atoms. The summed E-state index contributed by atoms with van der Waals surface area (Å²) in [5.41, 5.74) is 2.57. The minimum Gasteiger partial charge on any atom is -0.488 e. The molecular weight excluding hydrogens is 416 g/mol. The van der Waals surface area contributed by atoms with Gasteiger partial charge in [-0.3, -0.25) is 0 Å². The van der Waals surface area contributed by atoms with Crippen LogP contribution in [0.3, 0.4) is 0 Å². The summed E-state index contributed by atoms with van der Waals surface area (Å²) in [7, 11) is 0. The molecule has 0 aliphatic carbocycles. The Morgan fingerprint density at radius 2 is 1.44 bits per heavy atom. The van der Waals surface area contributed by atoms with Crippen LogP contribution < -0.4 is 4.74 Å². The second-order valence-corrected chi connectivity index (χ2v) is 12.2. The first-order valence-corrected chi connectivity index (χ1v) is 12.6. The third-order valence-corrected chi connectivity index (χ3v) is 6.13. The molecule has 2 heteroatoms. The number of benzene rings is 2. The van der Waals surface area contributed by atoms with Gasteiger partial charge < -0.3 is 9.84 Å². The third kappa shape index (κ3) is 9.50. The average Bonchev–Trinajstić information content (AvgIpc) is 2.68. The fraction of sp³-hybridized carbons (Fsp3) is 0.500. The van der Waals surface area contributed by atoms with Crippen molar-refractivity contribution in [1.29, 1.82) is 0 Å². The van der Waals surface area contributed by atoms with E-state index in [-0.39, 0.29) is 16.4 Å². The van der Waals surface area contributed by atoms with E-state index in [4.69, 9.17) is 4.74 Å². The summed E-state index contributed by atoms with van der Waals surface area (Å²) in [5.74, 6) is 0.886. The van der Waals surface area contributed by atoms with Gasteiger partial charge in [0.25, 0.3) is 0 Å². The van der Waals surface area contributed by atoms with Gasteiger partial charge in [0.1, 0.15) is 11.4 Å². The van der Waals surface area contributed by atoms with Gasteiger partial charge in [-0.15, -0.1) is 0 Å². The minimum absolute atomic E-state index is 0.00659. The molecule has 0 saturated carbocycles. The normalized spacial score (nSPS) is 14.0. The lowest BCUT2D eigenvalue weighted by Gasteiger charge is -2.34. The number of aliphatic hydroxyl groups is 1. The Labute approximate surface area is 208 Å². The van der Waals surface area contributed by atoms with Crippen LogP contribution in [0, 0.1) is 10.8 Å². The van der Waals surface area contributed by atoms with Crippen molar-refractivity contribution in [2.75, 3.05) is 0 Å². The van der Waals surface area contributed by atoms with E-state index >= 15 is 0 Å². The van der Waals surface area contributed by atoms with Crippen LogP contribution in [0.4, 0.5) is 0 Å². The molecule has 0 unspecified atom stereocenters. The van der Waals surface area contributed by atoms with Crippen LogP contribution in [0.5, 0.6) is 5.75 Å². The van der Waals surface area contributed by atoms with Crippen LogP contribution in [0.25, 0.3) is 12.2 Å². The molecule has 34 heavy (non-hydrogen) atoms. The molecule has 2 nitrogen and oxygen atoms in total. The lowest BCUT2D eigenvalue weighted by Crippen LogP contribution is -2.33. The topological polar surface area (TPSA) is 29.5 Å². The minimum atomic E-state index is -0.700. The van der Waals surface area contributed by atoms with Crippen molar-refractivity contribution in [1.82, 2.24) is 0 Å². The lowest BCUT2D eigenvalue weighted by molar-refractivity contribution is 0.0408. The summed E-state index contributed by atoms with van der Waals surface area (Å²) in [6.07, 6.45) is 9.30. The number of hydrogen-bond acceptors (Lipinski definition) is 2. The fourth-order valence-electron chi connectivity index (χ4n) is 5.24. The van der Waals surface area contributed by atoms with Gasteiger partial charge in [0.15, 0.2) is 0 Å². The van der Waals surface area contributed by atoms with E-state index in [0.29, 0.717) is 6.42 Å². The predicted octanol–water partition coefficient (Wildman–Crippen LogP) is 8.95. The van der Waals surface area contributed by atoms with Crippen molar-refractivity contribution >= 4 is 12.2 Å². The Balaban J connectivity index is 2.16. The molecule has 0 heterocycles. The van der Waals surface area contributed by atoms with Crippen molar-refractivity contribution in [3.8, 4) is 5.75 Å². The summed E-state index contributed by atoms with van der Waals surface area (Å²) in [4.78, 5) is 0. The molecule has 0 saturated heterocycles. The van der Waals surface area contributed by atoms with Crippen LogP contribution >= 0.6 is 0 Å². The standard InChI is InChI=1S/C32H46O2/c1-10-27(30(4,5)24-31(6,7)33)21-26-17-14-18-28(22-26)34-32(8,9)23-29(2,3)20-19-25-15-12-11-13-16-25/h11-22,33H,10,23-24H2,1-9H3. The zero-order valence-corrected chi connectivity index (χ0v) is 22.9. The smallest absolute Gasteiger partial charge is 0.120 e. The van der Waals surface area contributed by atoms with Gasteiger partial charge in [0, 0.05) is 0 Å². The van der Waals surface area contributed by atoms with Gasteiger partial charge in [0.05, 0.1) is 5.60 Å². The highest BCUT2D eigenvalue weighted by Gasteiger charge is 2.30. The zero-order valence-electron chi connectivity index (χ0n) is 22.9. The highest BCUT2D eigenvalue weighted by Crippen LogP contribution is 2.38. The molecule has 0 aromatic heterocycles. The SMILES string of the molecule is CCC(=Cc1cccc(OC(C)(C)CC(C)(C)C=Cc2ccccc2)c1)C(C)(C)CC(C)(C)O. The summed E-state index contributed by atoms with van der Waals surface area (Å²) >= 11 is 0. The van der Waals surface area contributed by atoms with E-state index in [1.807, 2.05) is 26.0 Å². The molecule has 2 rings (SSSR count). The highest BCUT2D eigenvalue weighted by atomic mass is 16.5. The molecular formula is C32H46O2. The van der Waals surface area contributed by atoms with Crippen molar-refractivity contribution < 1.29 is 9.84 Å². The largest absolute Gasteiger partial charge is 0.488 e. The molecule has 0 amide bonds. The van der Waals surface area contributed by atoms with Crippen molar-refractivity contribution in [3.63, 3.8) is 0 Å². The van der Waals surface area contributed by atoms with Crippen molar-refractivity contribution in [3.05, 3.63) is 77.4 Å². The molecule has 1 N–H and O–H groups in total. The number of hydrogen-bond donors (Lipinski definition) is 1. The van der Waals surface area contributed by atoms with Gasteiger partial charge in [-0.2, -0.15) is 0 Å². The van der Waals surface area contributed by atoms with Crippen LogP contribution in [-0.2, 0) is 0 Å². The third-order valence-electron chi connectivity index (χ3n) is 6.13. The monoisotopic (exact) mass is 462 g/mol. The van der Waals surface area contributed by atoms with Crippen LogP contribution in [0.1, 0.15) is 92.7 Å². The zero-order chi connectivity index (χ0) is 25.6. The quantitative estimate of drug-likeness (QED) is 0.361. The average molecular weight is 463 g/mol. The molecule has 0 aliphatic rings. The maximum absolute atomic E-state index is 10.4. The molecule has 0 radical (unpaired) electrons. The van der Waals surface area contributed by atoms with E-state index in [9.17, 15) is 5.11 Å². The van der Waals surface area contributed by atoms with E-state index < -0.39 is 5.60 Å². The summed E-state index contributed by atoms with van der Waals surface area (Å²) in [6, 6.07) is 18.8. The van der Waals surface area contributed by atoms with E-state index in [1.54, 1.807) is 0 Å². The van der Waals surface area contributed by atoms with Crippen LogP contribution in [0.2, 0.25) is 0 Å². The Morgan fingerprint density at radius 1 is 0.824 bits per heavy atom. The molecule has 2 aromatic carbocycles. The summed E-state index contributed by atoms with van der Waals surface area (Å²) < 4.78 is 6.51. The Kier molecular flexibility index (Phi) is 8.99. The number of allylic oxidation sites excluding steroid dienone is 2. The second kappa shape index (κ2) is 11.0. The maximum atomic E-state index is 10.4. The van der Waals surface area contributed by atoms with E-state index in [1.165, 1.54) is 11.1 Å². The van der Waals surface area contributed by atoms with Crippen molar-refractivity contribution in [2.24, 2.45) is 10.8 Å². The maximum Gasteiger partial charge on any atom is 0.120 e. The molecule has 186 valence electrons. The predicted molar refractivity (Wildman–Crippen MR) is 148 cm³/mol. The second-order valence-electron chi connectivity index (χ2n) is 12.2. The fourth-order valence-corrected chi connectivity index (χ4v) is 5.24. The van der Waals surface area contributed by atoms with Gasteiger partial charge >= 0.3 is 0 Å². The van der Waals surface area contributed by atoms with Gasteiger partial charge in [-0.1, -0.05) is 101 Å². The van der Waals surface area contributed by atoms with Crippen molar-refractivity contribution in [2.45, 2.75) is 92.8 Å². The van der Waals surface area contributed by atoms with Gasteiger partial charge in [-0.05, 0) is 81.0 Å². The first kappa shape index (κ1) is 27.9. The van der Waals surface area contributed by atoms with Crippen LogP contribution in [0.15, 0.2) is 66.2 Å². The summed E-state index contributed by atoms with van der Waals surface area (Å²) in [5, 5.41) is 10.4. The van der Waals surface area contributed by atoms with E-state index in [0.717, 1.165) is 24.2 Å². The van der Waals surface area contributed by atoms with E-state index in [2.05, 4.69) is 109 Å². The van der Waals surface area contributed by atoms with Gasteiger partial charge in [-0.25, -0.2) is 0 Å². The summed E-state index contributed by atoms with van der Waals surface area (Å²) in [6.45, 7) is 19.2. The molecule has 0 fully saturated rings. The Bertz CT molecular complexity index is 970. The number of ether oxygens (including phenoxy) is 1.